The maximum absolute atomic E-state index is 12.4. The van der Waals surface area contributed by atoms with Crippen LogP contribution >= 0.6 is 22.7 Å². The van der Waals surface area contributed by atoms with Gasteiger partial charge in [0.05, 0.1) is 18.5 Å². The van der Waals surface area contributed by atoms with E-state index in [1.54, 1.807) is 11.3 Å². The first-order valence-corrected chi connectivity index (χ1v) is 9.64. The van der Waals surface area contributed by atoms with E-state index in [0.717, 1.165) is 24.5 Å². The maximum atomic E-state index is 12.4. The summed E-state index contributed by atoms with van der Waals surface area (Å²) in [4.78, 5) is 31.7. The van der Waals surface area contributed by atoms with Gasteiger partial charge >= 0.3 is 0 Å². The van der Waals surface area contributed by atoms with Gasteiger partial charge in [0.1, 0.15) is 0 Å². The Hall–Kier alpha value is -1.77. The van der Waals surface area contributed by atoms with Crippen LogP contribution in [-0.2, 0) is 22.4 Å². The van der Waals surface area contributed by atoms with Crippen LogP contribution in [-0.4, -0.2) is 47.4 Å². The minimum absolute atomic E-state index is 0.0830. The zero-order valence-electron chi connectivity index (χ0n) is 13.4. The topological polar surface area (TPSA) is 74.3 Å². The standard InChI is InChI=1S/C16H20N4O2S2/c1-11-9-17-4-5-20(11)15(22)7-12-10-24-16(18-12)19-14(21)8-13-3-2-6-23-13/h2-3,6,10-11,17H,4-5,7-9H2,1H3,(H,18,19,21)/t11-/m1/s1. The summed E-state index contributed by atoms with van der Waals surface area (Å²) in [5.41, 5.74) is 0.710. The van der Waals surface area contributed by atoms with E-state index in [1.807, 2.05) is 34.7 Å². The van der Waals surface area contributed by atoms with E-state index < -0.39 is 0 Å². The lowest BCUT2D eigenvalue weighted by atomic mass is 10.2. The van der Waals surface area contributed by atoms with Gasteiger partial charge in [-0.25, -0.2) is 4.98 Å². The summed E-state index contributed by atoms with van der Waals surface area (Å²) in [6, 6.07) is 4.07. The average Bonchev–Trinajstić information content (AvgIpc) is 3.20. The highest BCUT2D eigenvalue weighted by atomic mass is 32.1. The predicted octanol–water partition coefficient (Wildman–Crippen LogP) is 1.75. The van der Waals surface area contributed by atoms with Crippen LogP contribution in [0, 0.1) is 0 Å². The zero-order chi connectivity index (χ0) is 16.9. The number of aromatic nitrogens is 1. The highest BCUT2D eigenvalue weighted by Crippen LogP contribution is 2.18. The fourth-order valence-electron chi connectivity index (χ4n) is 2.65. The number of thiazole rings is 1. The molecule has 0 bridgehead atoms. The molecule has 0 spiro atoms. The first-order chi connectivity index (χ1) is 11.6. The Morgan fingerprint density at radius 3 is 3.04 bits per heavy atom. The molecule has 0 aromatic carbocycles. The fourth-order valence-corrected chi connectivity index (χ4v) is 4.08. The van der Waals surface area contributed by atoms with Crippen LogP contribution in [0.2, 0.25) is 0 Å². The molecule has 0 radical (unpaired) electrons. The van der Waals surface area contributed by atoms with Gasteiger partial charge in [0.15, 0.2) is 5.13 Å². The molecule has 2 amide bonds. The number of thiophene rings is 1. The Balaban J connectivity index is 1.53. The summed E-state index contributed by atoms with van der Waals surface area (Å²) < 4.78 is 0. The van der Waals surface area contributed by atoms with Gasteiger partial charge in [-0.2, -0.15) is 0 Å². The van der Waals surface area contributed by atoms with Crippen molar-refractivity contribution in [3.05, 3.63) is 33.5 Å². The fraction of sp³-hybridized carbons (Fsp3) is 0.438. The third-order valence-corrected chi connectivity index (χ3v) is 5.55. The maximum Gasteiger partial charge on any atom is 0.231 e. The lowest BCUT2D eigenvalue weighted by Gasteiger charge is -2.33. The number of carbonyl (C=O) groups is 2. The van der Waals surface area contributed by atoms with Crippen molar-refractivity contribution in [3.8, 4) is 0 Å². The molecule has 3 rings (SSSR count). The molecule has 8 heteroatoms. The lowest BCUT2D eigenvalue weighted by molar-refractivity contribution is -0.133. The molecule has 2 aromatic heterocycles. The Labute approximate surface area is 148 Å². The Morgan fingerprint density at radius 1 is 1.42 bits per heavy atom. The number of nitrogens with zero attached hydrogens (tertiary/aromatic N) is 2. The smallest absolute Gasteiger partial charge is 0.231 e. The molecule has 24 heavy (non-hydrogen) atoms. The number of amides is 2. The molecule has 3 heterocycles. The van der Waals surface area contributed by atoms with Crippen molar-refractivity contribution in [2.24, 2.45) is 0 Å². The van der Waals surface area contributed by atoms with E-state index in [9.17, 15) is 9.59 Å². The largest absolute Gasteiger partial charge is 0.337 e. The molecule has 1 fully saturated rings. The summed E-state index contributed by atoms with van der Waals surface area (Å²) in [7, 11) is 0. The summed E-state index contributed by atoms with van der Waals surface area (Å²) >= 11 is 2.92. The normalized spacial score (nSPS) is 17.7. The van der Waals surface area contributed by atoms with Crippen LogP contribution < -0.4 is 10.6 Å². The van der Waals surface area contributed by atoms with E-state index in [-0.39, 0.29) is 24.3 Å². The number of carbonyl (C=O) groups excluding carboxylic acids is 2. The molecule has 0 saturated carbocycles. The SMILES string of the molecule is C[C@@H]1CNCCN1C(=O)Cc1csc(NC(=O)Cc2cccs2)n1. The van der Waals surface area contributed by atoms with Crippen LogP contribution in [0.4, 0.5) is 5.13 Å². The van der Waals surface area contributed by atoms with Crippen molar-refractivity contribution in [3.63, 3.8) is 0 Å². The molecule has 0 aliphatic carbocycles. The van der Waals surface area contributed by atoms with Gasteiger partial charge in [0, 0.05) is 35.9 Å². The number of anilines is 1. The van der Waals surface area contributed by atoms with Crippen molar-refractivity contribution in [1.29, 1.82) is 0 Å². The molecule has 1 aliphatic heterocycles. The minimum atomic E-state index is -0.0830. The minimum Gasteiger partial charge on any atom is -0.337 e. The van der Waals surface area contributed by atoms with Crippen LogP contribution in [0.5, 0.6) is 0 Å². The van der Waals surface area contributed by atoms with E-state index in [0.29, 0.717) is 17.2 Å². The number of hydrogen-bond acceptors (Lipinski definition) is 6. The molecule has 1 saturated heterocycles. The van der Waals surface area contributed by atoms with Gasteiger partial charge in [-0.15, -0.1) is 22.7 Å². The third kappa shape index (κ3) is 4.40. The molecule has 1 atom stereocenters. The van der Waals surface area contributed by atoms with Gasteiger partial charge in [0.2, 0.25) is 11.8 Å². The van der Waals surface area contributed by atoms with Crippen molar-refractivity contribution in [2.45, 2.75) is 25.8 Å². The van der Waals surface area contributed by atoms with Crippen molar-refractivity contribution >= 4 is 39.6 Å². The second kappa shape index (κ2) is 7.87. The average molecular weight is 364 g/mol. The van der Waals surface area contributed by atoms with Gasteiger partial charge in [-0.1, -0.05) is 6.07 Å². The number of piperazine rings is 1. The number of nitrogens with one attached hydrogen (secondary N) is 2. The van der Waals surface area contributed by atoms with Crippen LogP contribution in [0.25, 0.3) is 0 Å². The first kappa shape index (κ1) is 17.1. The quantitative estimate of drug-likeness (QED) is 0.848. The van der Waals surface area contributed by atoms with Gasteiger partial charge < -0.3 is 15.5 Å². The molecule has 0 unspecified atom stereocenters. The first-order valence-electron chi connectivity index (χ1n) is 7.88. The van der Waals surface area contributed by atoms with Gasteiger partial charge in [-0.05, 0) is 18.4 Å². The molecule has 2 aromatic rings. The van der Waals surface area contributed by atoms with Crippen molar-refractivity contribution in [1.82, 2.24) is 15.2 Å². The number of hydrogen-bond donors (Lipinski definition) is 2. The predicted molar refractivity (Wildman–Crippen MR) is 96.5 cm³/mol. The summed E-state index contributed by atoms with van der Waals surface area (Å²) in [6.45, 7) is 4.43. The summed E-state index contributed by atoms with van der Waals surface area (Å²) in [5.74, 6) is 0.00571. The molecule has 128 valence electrons. The third-order valence-electron chi connectivity index (χ3n) is 3.87. The second-order valence-electron chi connectivity index (χ2n) is 5.77. The van der Waals surface area contributed by atoms with Crippen LogP contribution in [0.3, 0.4) is 0 Å². The van der Waals surface area contributed by atoms with E-state index in [1.165, 1.54) is 11.3 Å². The Kier molecular flexibility index (Phi) is 5.60. The van der Waals surface area contributed by atoms with Crippen molar-refractivity contribution < 1.29 is 9.59 Å². The van der Waals surface area contributed by atoms with Crippen LogP contribution in [0.1, 0.15) is 17.5 Å². The number of rotatable bonds is 5. The summed E-state index contributed by atoms with van der Waals surface area (Å²) in [6.07, 6.45) is 0.630. The van der Waals surface area contributed by atoms with E-state index >= 15 is 0 Å². The van der Waals surface area contributed by atoms with E-state index in [2.05, 4.69) is 15.6 Å². The second-order valence-corrected chi connectivity index (χ2v) is 7.66. The highest BCUT2D eigenvalue weighted by Gasteiger charge is 2.23. The molecule has 6 nitrogen and oxygen atoms in total. The molecule has 2 N–H and O–H groups in total. The van der Waals surface area contributed by atoms with Crippen LogP contribution in [0.15, 0.2) is 22.9 Å². The van der Waals surface area contributed by atoms with Gasteiger partial charge in [0.25, 0.3) is 0 Å². The molecule has 1 aliphatic rings. The van der Waals surface area contributed by atoms with Crippen molar-refractivity contribution in [2.75, 3.05) is 25.0 Å². The highest BCUT2D eigenvalue weighted by molar-refractivity contribution is 7.14. The monoisotopic (exact) mass is 364 g/mol. The van der Waals surface area contributed by atoms with Gasteiger partial charge in [-0.3, -0.25) is 9.59 Å². The van der Waals surface area contributed by atoms with E-state index in [4.69, 9.17) is 0 Å². The molecular weight excluding hydrogens is 344 g/mol. The Bertz CT molecular complexity index is 699. The summed E-state index contributed by atoms with van der Waals surface area (Å²) in [5, 5.41) is 10.4. The zero-order valence-corrected chi connectivity index (χ0v) is 15.1. The molecular formula is C16H20N4O2S2. The lowest BCUT2D eigenvalue weighted by Crippen LogP contribution is -2.52. The Morgan fingerprint density at radius 2 is 2.29 bits per heavy atom.